The molecule has 1 N–H and O–H groups in total. The highest BCUT2D eigenvalue weighted by molar-refractivity contribution is 6.53. The van der Waals surface area contributed by atoms with E-state index in [1.54, 1.807) is 13.8 Å². The van der Waals surface area contributed by atoms with Crippen molar-refractivity contribution in [2.75, 3.05) is 13.2 Å². The van der Waals surface area contributed by atoms with Gasteiger partial charge in [0.05, 0.1) is 12.5 Å². The van der Waals surface area contributed by atoms with Crippen molar-refractivity contribution < 1.29 is 14.6 Å². The zero-order valence-electron chi connectivity index (χ0n) is 7.51. The highest BCUT2D eigenvalue weighted by Gasteiger charge is 2.74. The summed E-state index contributed by atoms with van der Waals surface area (Å²) < 4.78 is 3.70. The van der Waals surface area contributed by atoms with Crippen LogP contribution in [0.1, 0.15) is 13.8 Å². The quantitative estimate of drug-likeness (QED) is 0.584. The molecule has 0 bridgehead atoms. The van der Waals surface area contributed by atoms with Gasteiger partial charge >= 0.3 is 5.97 Å². The molecule has 1 aliphatic rings. The van der Waals surface area contributed by atoms with Crippen LogP contribution in [0.25, 0.3) is 0 Å². The fourth-order valence-electron chi connectivity index (χ4n) is 1.33. The van der Waals surface area contributed by atoms with Gasteiger partial charge in [0, 0.05) is 5.41 Å². The van der Waals surface area contributed by atoms with E-state index in [1.807, 2.05) is 0 Å². The molecule has 3 nitrogen and oxygen atoms in total. The number of hydrogen-bond acceptors (Lipinski definition) is 3. The monoisotopic (exact) mass is 226 g/mol. The van der Waals surface area contributed by atoms with E-state index in [1.165, 1.54) is 0 Å². The first-order chi connectivity index (χ1) is 5.85. The molecule has 0 aliphatic heterocycles. The predicted octanol–water partition coefficient (Wildman–Crippen LogP) is 1.35. The van der Waals surface area contributed by atoms with E-state index < -0.39 is 21.6 Å². The highest BCUT2D eigenvalue weighted by atomic mass is 35.5. The van der Waals surface area contributed by atoms with E-state index in [0.29, 0.717) is 0 Å². The average Bonchev–Trinajstić information content (AvgIpc) is 2.39. The van der Waals surface area contributed by atoms with Gasteiger partial charge in [0.2, 0.25) is 0 Å². The summed E-state index contributed by atoms with van der Waals surface area (Å²) in [6.07, 6.45) is 0. The van der Waals surface area contributed by atoms with E-state index in [0.717, 1.165) is 0 Å². The van der Waals surface area contributed by atoms with Crippen LogP contribution in [-0.4, -0.2) is 28.6 Å². The Morgan fingerprint density at radius 3 is 2.31 bits per heavy atom. The summed E-state index contributed by atoms with van der Waals surface area (Å²) in [4.78, 5) is 11.3. The average molecular weight is 227 g/mol. The second-order valence-corrected chi connectivity index (χ2v) is 5.05. The molecule has 13 heavy (non-hydrogen) atoms. The number of aliphatic hydroxyl groups excluding tert-OH is 1. The molecule has 0 amide bonds. The Hall–Kier alpha value is 0.01000. The van der Waals surface area contributed by atoms with Crippen LogP contribution in [0, 0.1) is 11.3 Å². The molecule has 0 aromatic heterocycles. The minimum absolute atomic E-state index is 0.00469. The van der Waals surface area contributed by atoms with Crippen LogP contribution in [0.5, 0.6) is 0 Å². The zero-order chi connectivity index (χ0) is 10.3. The standard InChI is InChI=1S/C8H12Cl2O3/c1-7(2)5(8(7,9)10)6(12)13-4-3-11/h5,11H,3-4H2,1-2H3. The van der Waals surface area contributed by atoms with Gasteiger partial charge in [-0.15, -0.1) is 23.2 Å². The number of halogens is 2. The van der Waals surface area contributed by atoms with Crippen LogP contribution in [0.2, 0.25) is 0 Å². The van der Waals surface area contributed by atoms with Crippen molar-refractivity contribution in [1.29, 1.82) is 0 Å². The van der Waals surface area contributed by atoms with Gasteiger partial charge < -0.3 is 9.84 Å². The molecule has 0 heterocycles. The number of hydrogen-bond donors (Lipinski definition) is 1. The first kappa shape index (κ1) is 11.1. The molecule has 1 saturated carbocycles. The third kappa shape index (κ3) is 1.65. The lowest BCUT2D eigenvalue weighted by molar-refractivity contribution is -0.147. The van der Waals surface area contributed by atoms with Crippen molar-refractivity contribution in [2.45, 2.75) is 18.2 Å². The summed E-state index contributed by atoms with van der Waals surface area (Å²) >= 11 is 11.7. The SMILES string of the molecule is CC1(C)C(C(=O)OCCO)C1(Cl)Cl. The molecule has 0 radical (unpaired) electrons. The highest BCUT2D eigenvalue weighted by Crippen LogP contribution is 2.68. The van der Waals surface area contributed by atoms with Crippen molar-refractivity contribution in [3.8, 4) is 0 Å². The predicted molar refractivity (Wildman–Crippen MR) is 49.8 cm³/mol. The Kier molecular flexibility index (Phi) is 2.81. The molecule has 76 valence electrons. The zero-order valence-corrected chi connectivity index (χ0v) is 9.02. The molecule has 1 aliphatic carbocycles. The second-order valence-electron chi connectivity index (χ2n) is 3.67. The van der Waals surface area contributed by atoms with Crippen LogP contribution < -0.4 is 0 Å². The molecule has 0 saturated heterocycles. The van der Waals surface area contributed by atoms with Crippen LogP contribution in [0.15, 0.2) is 0 Å². The molecule has 1 atom stereocenters. The van der Waals surface area contributed by atoms with Crippen LogP contribution in [0.3, 0.4) is 0 Å². The Morgan fingerprint density at radius 1 is 1.54 bits per heavy atom. The lowest BCUT2D eigenvalue weighted by atomic mass is 10.1. The number of carbonyl (C=O) groups excluding carboxylic acids is 1. The Labute approximate surface area is 87.0 Å². The van der Waals surface area contributed by atoms with Crippen molar-refractivity contribution in [1.82, 2.24) is 0 Å². The van der Waals surface area contributed by atoms with E-state index in [2.05, 4.69) is 0 Å². The largest absolute Gasteiger partial charge is 0.463 e. The molecule has 5 heteroatoms. The van der Waals surface area contributed by atoms with Crippen molar-refractivity contribution in [3.63, 3.8) is 0 Å². The smallest absolute Gasteiger partial charge is 0.312 e. The van der Waals surface area contributed by atoms with Gasteiger partial charge in [0.1, 0.15) is 10.9 Å². The van der Waals surface area contributed by atoms with Crippen molar-refractivity contribution in [2.24, 2.45) is 11.3 Å². The lowest BCUT2D eigenvalue weighted by Crippen LogP contribution is -2.14. The van der Waals surface area contributed by atoms with Gasteiger partial charge in [-0.2, -0.15) is 0 Å². The Balaban J connectivity index is 2.53. The van der Waals surface area contributed by atoms with Crippen LogP contribution in [0.4, 0.5) is 0 Å². The number of rotatable bonds is 3. The lowest BCUT2D eigenvalue weighted by Gasteiger charge is -2.02. The molecule has 1 fully saturated rings. The second kappa shape index (κ2) is 3.30. The number of aliphatic hydroxyl groups is 1. The van der Waals surface area contributed by atoms with Crippen molar-refractivity contribution >= 4 is 29.2 Å². The first-order valence-electron chi connectivity index (χ1n) is 4.01. The Bertz CT molecular complexity index is 211. The summed E-state index contributed by atoms with van der Waals surface area (Å²) in [5.41, 5.74) is -0.442. The van der Waals surface area contributed by atoms with Gasteiger partial charge in [0.25, 0.3) is 0 Å². The maximum absolute atomic E-state index is 11.3. The van der Waals surface area contributed by atoms with Gasteiger partial charge in [-0.1, -0.05) is 13.8 Å². The maximum atomic E-state index is 11.3. The summed E-state index contributed by atoms with van der Waals surface area (Å²) in [5.74, 6) is -0.932. The molecule has 1 rings (SSSR count). The molecule has 0 spiro atoms. The van der Waals surface area contributed by atoms with Gasteiger partial charge in [0.15, 0.2) is 0 Å². The minimum atomic E-state index is -1.03. The number of ether oxygens (including phenoxy) is 1. The number of esters is 1. The van der Waals surface area contributed by atoms with E-state index in [4.69, 9.17) is 33.0 Å². The molecule has 0 aromatic carbocycles. The topological polar surface area (TPSA) is 46.5 Å². The molecule has 1 unspecified atom stereocenters. The van der Waals surface area contributed by atoms with E-state index in [9.17, 15) is 4.79 Å². The molecular formula is C8H12Cl2O3. The minimum Gasteiger partial charge on any atom is -0.463 e. The van der Waals surface area contributed by atoms with Crippen molar-refractivity contribution in [3.05, 3.63) is 0 Å². The van der Waals surface area contributed by atoms with Gasteiger partial charge in [-0.05, 0) is 0 Å². The number of carbonyl (C=O) groups is 1. The number of alkyl halides is 2. The fraction of sp³-hybridized carbons (Fsp3) is 0.875. The van der Waals surface area contributed by atoms with E-state index in [-0.39, 0.29) is 13.2 Å². The fourth-order valence-corrected chi connectivity index (χ4v) is 2.16. The normalized spacial score (nSPS) is 28.2. The summed E-state index contributed by atoms with van der Waals surface area (Å²) in [6, 6.07) is 0. The Morgan fingerprint density at radius 2 is 2.00 bits per heavy atom. The van der Waals surface area contributed by atoms with Gasteiger partial charge in [-0.3, -0.25) is 4.79 Å². The molecular weight excluding hydrogens is 215 g/mol. The summed E-state index contributed by atoms with van der Waals surface area (Å²) in [6.45, 7) is 3.42. The van der Waals surface area contributed by atoms with Crippen LogP contribution in [-0.2, 0) is 9.53 Å². The van der Waals surface area contributed by atoms with Gasteiger partial charge in [-0.25, -0.2) is 0 Å². The third-order valence-electron chi connectivity index (χ3n) is 2.43. The first-order valence-corrected chi connectivity index (χ1v) is 4.76. The summed E-state index contributed by atoms with van der Waals surface area (Å²) in [5, 5.41) is 8.43. The summed E-state index contributed by atoms with van der Waals surface area (Å²) in [7, 11) is 0. The maximum Gasteiger partial charge on any atom is 0.312 e. The van der Waals surface area contributed by atoms with E-state index >= 15 is 0 Å². The van der Waals surface area contributed by atoms with Crippen LogP contribution >= 0.6 is 23.2 Å². The third-order valence-corrected chi connectivity index (χ3v) is 3.84. The molecule has 0 aromatic rings.